The normalized spacial score (nSPS) is 31.1. The van der Waals surface area contributed by atoms with Crippen LogP contribution in [0.1, 0.15) is 19.3 Å². The average molecular weight is 182 g/mol. The van der Waals surface area contributed by atoms with E-state index in [-0.39, 0.29) is 24.6 Å². The minimum atomic E-state index is -0.162. The predicted molar refractivity (Wildman–Crippen MR) is 45.9 cm³/mol. The fraction of sp³-hybridized carbons (Fsp3) is 1.00. The fourth-order valence-electron chi connectivity index (χ4n) is 1.25. The number of hydrogen-bond acceptors (Lipinski definition) is 3. The molecule has 1 fully saturated rings. The third-order valence-electron chi connectivity index (χ3n) is 1.83. The molecule has 0 amide bonds. The van der Waals surface area contributed by atoms with Gasteiger partial charge in [-0.1, -0.05) is 0 Å². The number of ether oxygens (including phenoxy) is 1. The van der Waals surface area contributed by atoms with E-state index in [1.54, 1.807) is 0 Å². The Morgan fingerprint density at radius 3 is 2.82 bits per heavy atom. The molecule has 2 unspecified atom stereocenters. The van der Waals surface area contributed by atoms with Crippen molar-refractivity contribution in [3.8, 4) is 0 Å². The van der Waals surface area contributed by atoms with E-state index in [9.17, 15) is 5.11 Å². The van der Waals surface area contributed by atoms with E-state index in [2.05, 4.69) is 0 Å². The Hall–Kier alpha value is 0.170. The SMILES string of the molecule is Cl.NCCC1CC(O)CCO1. The molecule has 0 aromatic rings. The van der Waals surface area contributed by atoms with E-state index in [1.807, 2.05) is 0 Å². The first-order valence-corrected chi connectivity index (χ1v) is 3.82. The first-order chi connectivity index (χ1) is 4.83. The third kappa shape index (κ3) is 3.91. The van der Waals surface area contributed by atoms with Crippen LogP contribution in [0.25, 0.3) is 0 Å². The van der Waals surface area contributed by atoms with Crippen molar-refractivity contribution in [2.45, 2.75) is 31.5 Å². The molecule has 0 radical (unpaired) electrons. The number of nitrogens with two attached hydrogens (primary N) is 1. The molecule has 1 saturated heterocycles. The van der Waals surface area contributed by atoms with Crippen LogP contribution in [0.15, 0.2) is 0 Å². The number of aliphatic hydroxyl groups excluding tert-OH is 1. The van der Waals surface area contributed by atoms with Crippen LogP contribution in [0.5, 0.6) is 0 Å². The lowest BCUT2D eigenvalue weighted by Crippen LogP contribution is -2.30. The van der Waals surface area contributed by atoms with Gasteiger partial charge in [-0.2, -0.15) is 0 Å². The number of halogens is 1. The largest absolute Gasteiger partial charge is 0.393 e. The quantitative estimate of drug-likeness (QED) is 0.644. The lowest BCUT2D eigenvalue weighted by molar-refractivity contribution is -0.0450. The lowest BCUT2D eigenvalue weighted by atomic mass is 10.0. The zero-order chi connectivity index (χ0) is 7.40. The van der Waals surface area contributed by atoms with Crippen LogP contribution < -0.4 is 5.73 Å². The van der Waals surface area contributed by atoms with Crippen molar-refractivity contribution in [2.75, 3.05) is 13.2 Å². The molecule has 1 aliphatic heterocycles. The second kappa shape index (κ2) is 5.77. The Morgan fingerprint density at radius 1 is 1.55 bits per heavy atom. The number of aliphatic hydroxyl groups is 1. The van der Waals surface area contributed by atoms with Crippen LogP contribution in [0.4, 0.5) is 0 Å². The fourth-order valence-corrected chi connectivity index (χ4v) is 1.25. The van der Waals surface area contributed by atoms with E-state index in [0.29, 0.717) is 13.2 Å². The van der Waals surface area contributed by atoms with E-state index in [1.165, 1.54) is 0 Å². The van der Waals surface area contributed by atoms with Crippen LogP contribution in [0.3, 0.4) is 0 Å². The van der Waals surface area contributed by atoms with Crippen LogP contribution in [0, 0.1) is 0 Å². The summed E-state index contributed by atoms with van der Waals surface area (Å²) >= 11 is 0. The molecule has 4 heteroatoms. The zero-order valence-electron chi connectivity index (χ0n) is 6.53. The van der Waals surface area contributed by atoms with Gasteiger partial charge in [0, 0.05) is 6.61 Å². The average Bonchev–Trinajstić information content (AvgIpc) is 1.88. The van der Waals surface area contributed by atoms with Crippen molar-refractivity contribution < 1.29 is 9.84 Å². The Labute approximate surface area is 73.3 Å². The summed E-state index contributed by atoms with van der Waals surface area (Å²) in [5, 5.41) is 9.19. The Kier molecular flexibility index (Phi) is 5.86. The minimum Gasteiger partial charge on any atom is -0.393 e. The summed E-state index contributed by atoms with van der Waals surface area (Å²) in [6, 6.07) is 0. The minimum absolute atomic E-state index is 0. The Balaban J connectivity index is 0.000001000. The molecule has 1 aliphatic rings. The molecule has 0 bridgehead atoms. The molecule has 1 rings (SSSR count). The van der Waals surface area contributed by atoms with Crippen molar-refractivity contribution in [1.82, 2.24) is 0 Å². The molecule has 0 spiro atoms. The van der Waals surface area contributed by atoms with Gasteiger partial charge in [0.1, 0.15) is 0 Å². The summed E-state index contributed by atoms with van der Waals surface area (Å²) in [7, 11) is 0. The van der Waals surface area contributed by atoms with Gasteiger partial charge < -0.3 is 15.6 Å². The summed E-state index contributed by atoms with van der Waals surface area (Å²) in [5.74, 6) is 0. The molecular formula is C7H16ClNO2. The highest BCUT2D eigenvalue weighted by molar-refractivity contribution is 5.85. The third-order valence-corrected chi connectivity index (χ3v) is 1.83. The molecule has 0 aliphatic carbocycles. The van der Waals surface area contributed by atoms with Gasteiger partial charge in [0.05, 0.1) is 12.2 Å². The summed E-state index contributed by atoms with van der Waals surface area (Å²) in [6.07, 6.45) is 2.45. The van der Waals surface area contributed by atoms with Crippen LogP contribution in [-0.4, -0.2) is 30.5 Å². The molecule has 1 heterocycles. The van der Waals surface area contributed by atoms with Gasteiger partial charge in [0.15, 0.2) is 0 Å². The van der Waals surface area contributed by atoms with Gasteiger partial charge in [0.2, 0.25) is 0 Å². The van der Waals surface area contributed by atoms with E-state index >= 15 is 0 Å². The second-order valence-electron chi connectivity index (χ2n) is 2.75. The molecule has 0 aromatic carbocycles. The van der Waals surface area contributed by atoms with Gasteiger partial charge in [-0.15, -0.1) is 12.4 Å². The molecule has 3 N–H and O–H groups in total. The van der Waals surface area contributed by atoms with Crippen LogP contribution in [0.2, 0.25) is 0 Å². The predicted octanol–water partition coefficient (Wildman–Crippen LogP) is 0.297. The first kappa shape index (κ1) is 11.2. The van der Waals surface area contributed by atoms with Crippen molar-refractivity contribution in [3.05, 3.63) is 0 Å². The summed E-state index contributed by atoms with van der Waals surface area (Å²) in [5.41, 5.74) is 5.34. The van der Waals surface area contributed by atoms with Gasteiger partial charge in [-0.3, -0.25) is 0 Å². The zero-order valence-corrected chi connectivity index (χ0v) is 7.35. The summed E-state index contributed by atoms with van der Waals surface area (Å²) < 4.78 is 5.35. The monoisotopic (exact) mass is 181 g/mol. The van der Waals surface area contributed by atoms with Crippen LogP contribution in [-0.2, 0) is 4.74 Å². The standard InChI is InChI=1S/C7H15NO2.ClH/c8-3-1-7-5-6(9)2-4-10-7;/h6-7,9H,1-5,8H2;1H. The highest BCUT2D eigenvalue weighted by Gasteiger charge is 2.19. The Bertz CT molecular complexity index is 100. The van der Waals surface area contributed by atoms with Gasteiger partial charge in [-0.05, 0) is 25.8 Å². The smallest absolute Gasteiger partial charge is 0.0611 e. The highest BCUT2D eigenvalue weighted by Crippen LogP contribution is 2.15. The second-order valence-corrected chi connectivity index (χ2v) is 2.75. The summed E-state index contributed by atoms with van der Waals surface area (Å²) in [6.45, 7) is 1.34. The van der Waals surface area contributed by atoms with E-state index < -0.39 is 0 Å². The molecule has 0 saturated carbocycles. The maximum absolute atomic E-state index is 9.19. The van der Waals surface area contributed by atoms with Crippen molar-refractivity contribution in [3.63, 3.8) is 0 Å². The maximum Gasteiger partial charge on any atom is 0.0611 e. The molecule has 68 valence electrons. The Morgan fingerprint density at radius 2 is 2.27 bits per heavy atom. The maximum atomic E-state index is 9.19. The lowest BCUT2D eigenvalue weighted by Gasteiger charge is -2.25. The van der Waals surface area contributed by atoms with Gasteiger partial charge >= 0.3 is 0 Å². The molecule has 11 heavy (non-hydrogen) atoms. The van der Waals surface area contributed by atoms with E-state index in [0.717, 1.165) is 19.3 Å². The van der Waals surface area contributed by atoms with Crippen molar-refractivity contribution in [1.29, 1.82) is 0 Å². The van der Waals surface area contributed by atoms with Crippen LogP contribution >= 0.6 is 12.4 Å². The van der Waals surface area contributed by atoms with Crippen molar-refractivity contribution >= 4 is 12.4 Å². The van der Waals surface area contributed by atoms with Gasteiger partial charge in [0.25, 0.3) is 0 Å². The summed E-state index contributed by atoms with van der Waals surface area (Å²) in [4.78, 5) is 0. The van der Waals surface area contributed by atoms with Crippen molar-refractivity contribution in [2.24, 2.45) is 5.73 Å². The van der Waals surface area contributed by atoms with E-state index in [4.69, 9.17) is 10.5 Å². The number of hydrogen-bond donors (Lipinski definition) is 2. The molecule has 0 aromatic heterocycles. The molecule has 3 nitrogen and oxygen atoms in total. The highest BCUT2D eigenvalue weighted by atomic mass is 35.5. The topological polar surface area (TPSA) is 55.5 Å². The molecular weight excluding hydrogens is 166 g/mol. The number of rotatable bonds is 2. The first-order valence-electron chi connectivity index (χ1n) is 3.82. The van der Waals surface area contributed by atoms with Gasteiger partial charge in [-0.25, -0.2) is 0 Å². The molecule has 2 atom stereocenters.